The first-order valence-electron chi connectivity index (χ1n) is 8.12. The van der Waals surface area contributed by atoms with Gasteiger partial charge >= 0.3 is 6.03 Å². The van der Waals surface area contributed by atoms with Crippen LogP contribution in [0, 0.1) is 5.82 Å². The SMILES string of the molecule is O=C(NCc1ccnc(OCc2ccccc2)c1)Nc1ccccc1F. The third-order valence-corrected chi connectivity index (χ3v) is 3.60. The van der Waals surface area contributed by atoms with E-state index < -0.39 is 11.8 Å². The highest BCUT2D eigenvalue weighted by molar-refractivity contribution is 5.89. The number of amides is 2. The number of halogens is 1. The number of para-hydroxylation sites is 1. The van der Waals surface area contributed by atoms with Gasteiger partial charge in [0.15, 0.2) is 0 Å². The molecule has 0 atom stereocenters. The summed E-state index contributed by atoms with van der Waals surface area (Å²) in [5.41, 5.74) is 2.00. The summed E-state index contributed by atoms with van der Waals surface area (Å²) in [4.78, 5) is 16.1. The second-order valence-electron chi connectivity index (χ2n) is 5.56. The summed E-state index contributed by atoms with van der Waals surface area (Å²) in [5, 5.41) is 5.15. The molecule has 132 valence electrons. The van der Waals surface area contributed by atoms with Crippen molar-refractivity contribution in [1.29, 1.82) is 0 Å². The Kier molecular flexibility index (Phi) is 5.77. The van der Waals surface area contributed by atoms with Crippen LogP contribution < -0.4 is 15.4 Å². The molecule has 2 N–H and O–H groups in total. The van der Waals surface area contributed by atoms with Gasteiger partial charge in [0, 0.05) is 18.8 Å². The Morgan fingerprint density at radius 3 is 2.58 bits per heavy atom. The largest absolute Gasteiger partial charge is 0.473 e. The van der Waals surface area contributed by atoms with Crippen LogP contribution in [0.2, 0.25) is 0 Å². The number of nitrogens with one attached hydrogen (secondary N) is 2. The number of benzene rings is 2. The van der Waals surface area contributed by atoms with Gasteiger partial charge in [-0.15, -0.1) is 0 Å². The molecule has 0 spiro atoms. The van der Waals surface area contributed by atoms with E-state index in [0.29, 0.717) is 12.5 Å². The zero-order valence-corrected chi connectivity index (χ0v) is 14.0. The summed E-state index contributed by atoms with van der Waals surface area (Å²) >= 11 is 0. The standard InChI is InChI=1S/C20H18FN3O2/c21-17-8-4-5-9-18(17)24-20(25)23-13-16-10-11-22-19(12-16)26-14-15-6-2-1-3-7-15/h1-12H,13-14H2,(H2,23,24,25). The number of hydrogen-bond acceptors (Lipinski definition) is 3. The van der Waals surface area contributed by atoms with Crippen LogP contribution in [0.25, 0.3) is 0 Å². The molecule has 0 fully saturated rings. The molecule has 0 saturated carbocycles. The van der Waals surface area contributed by atoms with Gasteiger partial charge in [0.25, 0.3) is 0 Å². The van der Waals surface area contributed by atoms with Crippen molar-refractivity contribution in [2.45, 2.75) is 13.2 Å². The van der Waals surface area contributed by atoms with Gasteiger partial charge in [0.05, 0.1) is 5.69 Å². The summed E-state index contributed by atoms with van der Waals surface area (Å²) in [6.07, 6.45) is 1.62. The zero-order valence-electron chi connectivity index (χ0n) is 14.0. The van der Waals surface area contributed by atoms with E-state index in [-0.39, 0.29) is 12.2 Å². The number of carbonyl (C=O) groups is 1. The fraction of sp³-hybridized carbons (Fsp3) is 0.100. The van der Waals surface area contributed by atoms with Crippen molar-refractivity contribution in [2.75, 3.05) is 5.32 Å². The molecule has 0 unspecified atom stereocenters. The first kappa shape index (κ1) is 17.4. The molecule has 0 bridgehead atoms. The normalized spacial score (nSPS) is 10.2. The molecule has 0 aliphatic rings. The third-order valence-electron chi connectivity index (χ3n) is 3.60. The lowest BCUT2D eigenvalue weighted by molar-refractivity contribution is 0.251. The highest BCUT2D eigenvalue weighted by Gasteiger charge is 2.06. The number of pyridine rings is 1. The van der Waals surface area contributed by atoms with E-state index in [1.54, 1.807) is 30.5 Å². The van der Waals surface area contributed by atoms with Crippen molar-refractivity contribution >= 4 is 11.7 Å². The van der Waals surface area contributed by atoms with E-state index in [0.717, 1.165) is 11.1 Å². The first-order valence-corrected chi connectivity index (χ1v) is 8.12. The monoisotopic (exact) mass is 351 g/mol. The second kappa shape index (κ2) is 8.62. The molecule has 0 radical (unpaired) electrons. The molecular formula is C20H18FN3O2. The number of anilines is 1. The minimum atomic E-state index is -0.487. The lowest BCUT2D eigenvalue weighted by Crippen LogP contribution is -2.28. The Labute approximate surface area is 150 Å². The van der Waals surface area contributed by atoms with Crippen LogP contribution in [0.4, 0.5) is 14.9 Å². The number of carbonyl (C=O) groups excluding carboxylic acids is 1. The highest BCUT2D eigenvalue weighted by Crippen LogP contribution is 2.13. The maximum absolute atomic E-state index is 13.5. The van der Waals surface area contributed by atoms with Crippen molar-refractivity contribution in [3.8, 4) is 5.88 Å². The number of nitrogens with zero attached hydrogens (tertiary/aromatic N) is 1. The van der Waals surface area contributed by atoms with Gasteiger partial charge in [0.2, 0.25) is 5.88 Å². The van der Waals surface area contributed by atoms with Crippen LogP contribution in [0.1, 0.15) is 11.1 Å². The predicted octanol–water partition coefficient (Wildman–Crippen LogP) is 4.12. The smallest absolute Gasteiger partial charge is 0.319 e. The molecular weight excluding hydrogens is 333 g/mol. The Hall–Kier alpha value is -3.41. The summed E-state index contributed by atoms with van der Waals surface area (Å²) in [6.45, 7) is 0.684. The zero-order chi connectivity index (χ0) is 18.2. The minimum Gasteiger partial charge on any atom is -0.473 e. The summed E-state index contributed by atoms with van der Waals surface area (Å²) in [5.74, 6) is -0.00850. The average molecular weight is 351 g/mol. The predicted molar refractivity (Wildman–Crippen MR) is 97.3 cm³/mol. The molecule has 2 aromatic carbocycles. The summed E-state index contributed by atoms with van der Waals surface area (Å²) < 4.78 is 19.2. The van der Waals surface area contributed by atoms with E-state index in [1.165, 1.54) is 12.1 Å². The van der Waals surface area contributed by atoms with Crippen LogP contribution in [0.15, 0.2) is 72.9 Å². The highest BCUT2D eigenvalue weighted by atomic mass is 19.1. The molecule has 26 heavy (non-hydrogen) atoms. The number of hydrogen-bond donors (Lipinski definition) is 2. The van der Waals surface area contributed by atoms with E-state index in [1.807, 2.05) is 30.3 Å². The fourth-order valence-electron chi connectivity index (χ4n) is 2.28. The summed E-state index contributed by atoms with van der Waals surface area (Å²) in [6, 6.07) is 18.8. The molecule has 2 amide bonds. The van der Waals surface area contributed by atoms with Gasteiger partial charge in [-0.2, -0.15) is 0 Å². The molecule has 6 heteroatoms. The van der Waals surface area contributed by atoms with Gasteiger partial charge in [0.1, 0.15) is 12.4 Å². The topological polar surface area (TPSA) is 63.2 Å². The molecule has 1 heterocycles. The van der Waals surface area contributed by atoms with Crippen molar-refractivity contribution in [3.05, 3.63) is 89.9 Å². The Balaban J connectivity index is 1.52. The quantitative estimate of drug-likeness (QED) is 0.702. The van der Waals surface area contributed by atoms with Crippen LogP contribution >= 0.6 is 0 Å². The van der Waals surface area contributed by atoms with Crippen LogP contribution in [0.3, 0.4) is 0 Å². The molecule has 0 saturated heterocycles. The number of ether oxygens (including phenoxy) is 1. The van der Waals surface area contributed by atoms with Gasteiger partial charge in [-0.3, -0.25) is 0 Å². The Morgan fingerprint density at radius 2 is 1.77 bits per heavy atom. The number of aromatic nitrogens is 1. The lowest BCUT2D eigenvalue weighted by atomic mass is 10.2. The van der Waals surface area contributed by atoms with Crippen molar-refractivity contribution in [1.82, 2.24) is 10.3 Å². The molecule has 0 aliphatic carbocycles. The van der Waals surface area contributed by atoms with Gasteiger partial charge in [-0.1, -0.05) is 42.5 Å². The Bertz CT molecular complexity index is 872. The van der Waals surface area contributed by atoms with Gasteiger partial charge in [-0.25, -0.2) is 14.2 Å². The number of rotatable bonds is 6. The first-order chi connectivity index (χ1) is 12.7. The van der Waals surface area contributed by atoms with E-state index >= 15 is 0 Å². The Morgan fingerprint density at radius 1 is 1.00 bits per heavy atom. The second-order valence-corrected chi connectivity index (χ2v) is 5.56. The van der Waals surface area contributed by atoms with Crippen molar-refractivity contribution in [2.24, 2.45) is 0 Å². The average Bonchev–Trinajstić information content (AvgIpc) is 2.68. The van der Waals surface area contributed by atoms with Gasteiger partial charge < -0.3 is 15.4 Å². The van der Waals surface area contributed by atoms with E-state index in [9.17, 15) is 9.18 Å². The number of urea groups is 1. The fourth-order valence-corrected chi connectivity index (χ4v) is 2.28. The lowest BCUT2D eigenvalue weighted by Gasteiger charge is -2.10. The van der Waals surface area contributed by atoms with Crippen LogP contribution in [-0.4, -0.2) is 11.0 Å². The van der Waals surface area contributed by atoms with Gasteiger partial charge in [-0.05, 0) is 29.3 Å². The maximum atomic E-state index is 13.5. The van der Waals surface area contributed by atoms with Crippen LogP contribution in [-0.2, 0) is 13.2 Å². The summed E-state index contributed by atoms with van der Waals surface area (Å²) in [7, 11) is 0. The van der Waals surface area contributed by atoms with Crippen molar-refractivity contribution in [3.63, 3.8) is 0 Å². The van der Waals surface area contributed by atoms with E-state index in [4.69, 9.17) is 4.74 Å². The molecule has 3 rings (SSSR count). The molecule has 1 aromatic heterocycles. The minimum absolute atomic E-state index is 0.131. The molecule has 3 aromatic rings. The van der Waals surface area contributed by atoms with Crippen LogP contribution in [0.5, 0.6) is 5.88 Å². The van der Waals surface area contributed by atoms with E-state index in [2.05, 4.69) is 15.6 Å². The molecule has 5 nitrogen and oxygen atoms in total. The van der Waals surface area contributed by atoms with Crippen molar-refractivity contribution < 1.29 is 13.9 Å². The third kappa shape index (κ3) is 5.04. The maximum Gasteiger partial charge on any atom is 0.319 e. The molecule has 0 aliphatic heterocycles.